The zero-order valence-corrected chi connectivity index (χ0v) is 14.9. The third-order valence-corrected chi connectivity index (χ3v) is 3.86. The van der Waals surface area contributed by atoms with E-state index in [-0.39, 0.29) is 0 Å². The van der Waals surface area contributed by atoms with E-state index in [1.807, 2.05) is 25.5 Å². The first-order valence-electron chi connectivity index (χ1n) is 7.72. The molecule has 0 spiro atoms. The van der Waals surface area contributed by atoms with Gasteiger partial charge in [0.2, 0.25) is 0 Å². The SMILES string of the molecule is CN(C)CCOc1cc(Oc2ccncc2)cnc1Nc1nccs1. The van der Waals surface area contributed by atoms with Gasteiger partial charge in [0.15, 0.2) is 16.7 Å². The van der Waals surface area contributed by atoms with Crippen LogP contribution in [-0.4, -0.2) is 47.1 Å². The Morgan fingerprint density at radius 2 is 1.96 bits per heavy atom. The van der Waals surface area contributed by atoms with Crippen LogP contribution in [0.3, 0.4) is 0 Å². The minimum Gasteiger partial charge on any atom is -0.488 e. The molecule has 1 N–H and O–H groups in total. The summed E-state index contributed by atoms with van der Waals surface area (Å²) in [6.45, 7) is 1.34. The maximum Gasteiger partial charge on any atom is 0.188 e. The van der Waals surface area contributed by atoms with Crippen LogP contribution in [0, 0.1) is 0 Å². The maximum atomic E-state index is 5.89. The summed E-state index contributed by atoms with van der Waals surface area (Å²) in [6, 6.07) is 5.39. The summed E-state index contributed by atoms with van der Waals surface area (Å²) in [5.74, 6) is 2.51. The van der Waals surface area contributed by atoms with Crippen LogP contribution >= 0.6 is 11.3 Å². The second-order valence-electron chi connectivity index (χ2n) is 5.42. The molecule has 0 saturated heterocycles. The number of rotatable bonds is 8. The van der Waals surface area contributed by atoms with E-state index in [2.05, 4.69) is 25.2 Å². The Kier molecular flexibility index (Phi) is 5.76. The predicted molar refractivity (Wildman–Crippen MR) is 98.0 cm³/mol. The van der Waals surface area contributed by atoms with Crippen molar-refractivity contribution < 1.29 is 9.47 Å². The van der Waals surface area contributed by atoms with E-state index >= 15 is 0 Å². The quantitative estimate of drug-likeness (QED) is 0.662. The molecule has 3 aromatic heterocycles. The van der Waals surface area contributed by atoms with E-state index in [0.717, 1.165) is 11.7 Å². The van der Waals surface area contributed by atoms with Crippen molar-refractivity contribution in [1.29, 1.82) is 0 Å². The van der Waals surface area contributed by atoms with Crippen molar-refractivity contribution in [3.05, 3.63) is 48.4 Å². The Morgan fingerprint density at radius 1 is 1.12 bits per heavy atom. The lowest BCUT2D eigenvalue weighted by atomic mass is 10.4. The van der Waals surface area contributed by atoms with Crippen molar-refractivity contribution in [2.24, 2.45) is 0 Å². The van der Waals surface area contributed by atoms with Crippen LogP contribution in [-0.2, 0) is 0 Å². The summed E-state index contributed by atoms with van der Waals surface area (Å²) in [4.78, 5) is 14.7. The average molecular weight is 357 g/mol. The van der Waals surface area contributed by atoms with Gasteiger partial charge in [0.1, 0.15) is 18.1 Å². The van der Waals surface area contributed by atoms with Gasteiger partial charge < -0.3 is 19.7 Å². The minimum absolute atomic E-state index is 0.542. The van der Waals surface area contributed by atoms with Gasteiger partial charge in [-0.25, -0.2) is 9.97 Å². The standard InChI is InChI=1S/C17H19N5O2S/c1-22(2)8-9-23-15-11-14(24-13-3-5-18-6-4-13)12-20-16(15)21-17-19-7-10-25-17/h3-7,10-12H,8-9H2,1-2H3,(H,19,20,21). The topological polar surface area (TPSA) is 72.4 Å². The number of nitrogens with one attached hydrogen (secondary N) is 1. The molecule has 0 aliphatic carbocycles. The molecule has 130 valence electrons. The molecule has 0 aliphatic heterocycles. The van der Waals surface area contributed by atoms with E-state index < -0.39 is 0 Å². The normalized spacial score (nSPS) is 10.7. The monoisotopic (exact) mass is 357 g/mol. The highest BCUT2D eigenvalue weighted by atomic mass is 32.1. The summed E-state index contributed by atoms with van der Waals surface area (Å²) in [7, 11) is 4.00. The molecule has 3 aromatic rings. The molecular weight excluding hydrogens is 338 g/mol. The number of ether oxygens (including phenoxy) is 2. The molecule has 0 aromatic carbocycles. The van der Waals surface area contributed by atoms with Crippen LogP contribution in [0.25, 0.3) is 0 Å². The Balaban J connectivity index is 1.78. The second-order valence-corrected chi connectivity index (χ2v) is 6.31. The number of hydrogen-bond acceptors (Lipinski definition) is 8. The number of aromatic nitrogens is 3. The summed E-state index contributed by atoms with van der Waals surface area (Å²) >= 11 is 1.50. The smallest absolute Gasteiger partial charge is 0.188 e. The van der Waals surface area contributed by atoms with Gasteiger partial charge in [-0.3, -0.25) is 4.98 Å². The molecule has 3 rings (SSSR count). The minimum atomic E-state index is 0.542. The van der Waals surface area contributed by atoms with E-state index in [1.165, 1.54) is 11.3 Å². The summed E-state index contributed by atoms with van der Waals surface area (Å²) in [5, 5.41) is 5.83. The fraction of sp³-hybridized carbons (Fsp3) is 0.235. The van der Waals surface area contributed by atoms with Crippen molar-refractivity contribution >= 4 is 22.3 Å². The second kappa shape index (κ2) is 8.41. The van der Waals surface area contributed by atoms with Crippen molar-refractivity contribution in [3.8, 4) is 17.2 Å². The molecule has 8 heteroatoms. The van der Waals surface area contributed by atoms with Crippen molar-refractivity contribution in [3.63, 3.8) is 0 Å². The molecule has 3 heterocycles. The number of hydrogen-bond donors (Lipinski definition) is 1. The number of likely N-dealkylation sites (N-methyl/N-ethyl adjacent to an activating group) is 1. The van der Waals surface area contributed by atoms with Crippen LogP contribution in [0.15, 0.2) is 48.4 Å². The third kappa shape index (κ3) is 5.13. The van der Waals surface area contributed by atoms with Crippen molar-refractivity contribution in [1.82, 2.24) is 19.9 Å². The Labute approximate surface area is 150 Å². The maximum absolute atomic E-state index is 5.89. The first kappa shape index (κ1) is 17.1. The van der Waals surface area contributed by atoms with Gasteiger partial charge in [0.25, 0.3) is 0 Å². The lowest BCUT2D eigenvalue weighted by molar-refractivity contribution is 0.261. The van der Waals surface area contributed by atoms with Crippen LogP contribution in [0.4, 0.5) is 10.9 Å². The van der Waals surface area contributed by atoms with E-state index in [1.54, 1.807) is 36.9 Å². The Hall–Kier alpha value is -2.71. The number of anilines is 2. The van der Waals surface area contributed by atoms with E-state index in [4.69, 9.17) is 9.47 Å². The summed E-state index contributed by atoms with van der Waals surface area (Å²) in [6.07, 6.45) is 6.74. The molecule has 0 unspecified atom stereocenters. The van der Waals surface area contributed by atoms with Crippen LogP contribution in [0.5, 0.6) is 17.2 Å². The number of thiazole rings is 1. The predicted octanol–water partition coefficient (Wildman–Crippen LogP) is 3.41. The first-order chi connectivity index (χ1) is 12.2. The van der Waals surface area contributed by atoms with Crippen LogP contribution in [0.1, 0.15) is 0 Å². The fourth-order valence-corrected chi connectivity index (χ4v) is 2.48. The molecule has 0 fully saturated rings. The highest BCUT2D eigenvalue weighted by Gasteiger charge is 2.10. The van der Waals surface area contributed by atoms with Gasteiger partial charge in [0, 0.05) is 36.6 Å². The van der Waals surface area contributed by atoms with E-state index in [9.17, 15) is 0 Å². The molecule has 7 nitrogen and oxygen atoms in total. The summed E-state index contributed by atoms with van der Waals surface area (Å²) < 4.78 is 11.7. The Morgan fingerprint density at radius 3 is 2.68 bits per heavy atom. The van der Waals surface area contributed by atoms with Crippen molar-refractivity contribution in [2.75, 3.05) is 32.6 Å². The number of pyridine rings is 2. The first-order valence-corrected chi connectivity index (χ1v) is 8.60. The van der Waals surface area contributed by atoms with Gasteiger partial charge in [-0.2, -0.15) is 0 Å². The van der Waals surface area contributed by atoms with Crippen LogP contribution in [0.2, 0.25) is 0 Å². The molecule has 25 heavy (non-hydrogen) atoms. The molecule has 0 aliphatic rings. The third-order valence-electron chi connectivity index (χ3n) is 3.17. The lowest BCUT2D eigenvalue weighted by Crippen LogP contribution is -2.19. The Bertz CT molecular complexity index is 781. The zero-order valence-electron chi connectivity index (χ0n) is 14.0. The number of nitrogens with zero attached hydrogens (tertiary/aromatic N) is 4. The molecule has 0 atom stereocenters. The highest BCUT2D eigenvalue weighted by Crippen LogP contribution is 2.31. The van der Waals surface area contributed by atoms with E-state index in [0.29, 0.717) is 29.7 Å². The highest BCUT2D eigenvalue weighted by molar-refractivity contribution is 7.13. The average Bonchev–Trinajstić information content (AvgIpc) is 3.11. The molecular formula is C17H19N5O2S. The van der Waals surface area contributed by atoms with Gasteiger partial charge in [-0.15, -0.1) is 11.3 Å². The fourth-order valence-electron chi connectivity index (χ4n) is 1.95. The van der Waals surface area contributed by atoms with Gasteiger partial charge >= 0.3 is 0 Å². The van der Waals surface area contributed by atoms with Crippen molar-refractivity contribution in [2.45, 2.75) is 0 Å². The lowest BCUT2D eigenvalue weighted by Gasteiger charge is -2.15. The van der Waals surface area contributed by atoms with Gasteiger partial charge in [0.05, 0.1) is 6.20 Å². The molecule has 0 bridgehead atoms. The van der Waals surface area contributed by atoms with Gasteiger partial charge in [-0.05, 0) is 26.2 Å². The molecule has 0 saturated carbocycles. The molecule has 0 radical (unpaired) electrons. The summed E-state index contributed by atoms with van der Waals surface area (Å²) in [5.41, 5.74) is 0. The van der Waals surface area contributed by atoms with Gasteiger partial charge in [-0.1, -0.05) is 0 Å². The zero-order chi connectivity index (χ0) is 17.5. The largest absolute Gasteiger partial charge is 0.488 e. The molecule has 0 amide bonds. The van der Waals surface area contributed by atoms with Crippen LogP contribution < -0.4 is 14.8 Å².